The van der Waals surface area contributed by atoms with Crippen LogP contribution in [0, 0.1) is 0 Å². The van der Waals surface area contributed by atoms with E-state index in [0.29, 0.717) is 34.1 Å². The van der Waals surface area contributed by atoms with Crippen LogP contribution in [-0.4, -0.2) is 27.7 Å². The van der Waals surface area contributed by atoms with Gasteiger partial charge in [-0.15, -0.1) is 11.3 Å². The van der Waals surface area contributed by atoms with Gasteiger partial charge in [0.2, 0.25) is 17.4 Å². The Morgan fingerprint density at radius 2 is 1.76 bits per heavy atom. The topological polar surface area (TPSA) is 147 Å². The van der Waals surface area contributed by atoms with E-state index >= 15 is 0 Å². The van der Waals surface area contributed by atoms with Crippen molar-refractivity contribution in [2.45, 2.75) is 12.8 Å². The van der Waals surface area contributed by atoms with Crippen molar-refractivity contribution in [2.75, 3.05) is 10.6 Å². The second-order valence-electron chi connectivity index (χ2n) is 6.03. The number of aryl methyl sites for hydroxylation is 1. The molecule has 0 fully saturated rings. The lowest BCUT2D eigenvalue weighted by Crippen LogP contribution is -2.15. The number of primary amides is 1. The van der Waals surface area contributed by atoms with Gasteiger partial charge in [-0.25, -0.2) is 4.98 Å². The van der Waals surface area contributed by atoms with Crippen molar-refractivity contribution in [2.24, 2.45) is 5.73 Å². The predicted octanol–water partition coefficient (Wildman–Crippen LogP) is 1.75. The second-order valence-corrected chi connectivity index (χ2v) is 6.89. The van der Waals surface area contributed by atoms with Gasteiger partial charge in [0.25, 0.3) is 5.91 Å². The van der Waals surface area contributed by atoms with Crippen LogP contribution in [0.1, 0.15) is 32.8 Å². The Balaban J connectivity index is 1.50. The molecule has 1 aromatic carbocycles. The van der Waals surface area contributed by atoms with E-state index in [9.17, 15) is 19.2 Å². The maximum atomic E-state index is 12.1. The third kappa shape index (κ3) is 5.59. The SMILES string of the molecule is NC(=O)c1ccc(NC(=O)CCc2csc(NC(=O)c3ccc(=O)[nH]c3)n2)cc1. The fraction of sp³-hybridized carbons (Fsp3) is 0.105. The molecule has 9 nitrogen and oxygen atoms in total. The van der Waals surface area contributed by atoms with Crippen LogP contribution in [0.4, 0.5) is 10.8 Å². The molecule has 0 saturated carbocycles. The number of carbonyl (C=O) groups is 3. The summed E-state index contributed by atoms with van der Waals surface area (Å²) in [7, 11) is 0. The number of hydrogen-bond donors (Lipinski definition) is 4. The number of nitrogens with one attached hydrogen (secondary N) is 3. The summed E-state index contributed by atoms with van der Waals surface area (Å²) in [5.74, 6) is -1.13. The summed E-state index contributed by atoms with van der Waals surface area (Å²) < 4.78 is 0. The third-order valence-corrected chi connectivity index (χ3v) is 4.69. The van der Waals surface area contributed by atoms with E-state index in [2.05, 4.69) is 20.6 Å². The zero-order valence-electron chi connectivity index (χ0n) is 15.1. The van der Waals surface area contributed by atoms with E-state index in [1.807, 2.05) is 0 Å². The van der Waals surface area contributed by atoms with Crippen molar-refractivity contribution in [3.05, 3.63) is 75.1 Å². The van der Waals surface area contributed by atoms with Gasteiger partial charge < -0.3 is 16.0 Å². The highest BCUT2D eigenvalue weighted by molar-refractivity contribution is 7.14. The van der Waals surface area contributed by atoms with Gasteiger partial charge in [-0.2, -0.15) is 0 Å². The number of nitrogens with two attached hydrogens (primary N) is 1. The van der Waals surface area contributed by atoms with Gasteiger partial charge in [0.15, 0.2) is 5.13 Å². The monoisotopic (exact) mass is 411 g/mol. The molecule has 5 N–H and O–H groups in total. The van der Waals surface area contributed by atoms with Crippen molar-refractivity contribution in [3.8, 4) is 0 Å². The zero-order chi connectivity index (χ0) is 20.8. The van der Waals surface area contributed by atoms with E-state index in [1.54, 1.807) is 17.5 Å². The molecule has 3 rings (SSSR count). The van der Waals surface area contributed by atoms with E-state index in [4.69, 9.17) is 5.73 Å². The van der Waals surface area contributed by atoms with Crippen molar-refractivity contribution in [1.29, 1.82) is 0 Å². The summed E-state index contributed by atoms with van der Waals surface area (Å²) in [5, 5.41) is 7.54. The van der Waals surface area contributed by atoms with Crippen LogP contribution in [-0.2, 0) is 11.2 Å². The number of anilines is 2. The Kier molecular flexibility index (Phi) is 6.15. The normalized spacial score (nSPS) is 10.3. The number of amides is 3. The third-order valence-electron chi connectivity index (χ3n) is 3.88. The van der Waals surface area contributed by atoms with Crippen LogP contribution in [0.15, 0.2) is 52.8 Å². The lowest BCUT2D eigenvalue weighted by molar-refractivity contribution is -0.116. The smallest absolute Gasteiger partial charge is 0.258 e. The van der Waals surface area contributed by atoms with Crippen molar-refractivity contribution < 1.29 is 14.4 Å². The molecule has 2 aromatic heterocycles. The first kappa shape index (κ1) is 20.0. The molecule has 0 aliphatic rings. The number of nitrogens with zero attached hydrogens (tertiary/aromatic N) is 1. The minimum atomic E-state index is -0.533. The van der Waals surface area contributed by atoms with Crippen LogP contribution in [0.3, 0.4) is 0 Å². The standard InChI is InChI=1S/C19H17N5O4S/c20-17(27)11-1-4-13(5-2-11)22-16(26)8-6-14-10-29-19(23-14)24-18(28)12-3-7-15(25)21-9-12/h1-5,7,9-10H,6,8H2,(H2,20,27)(H,21,25)(H,22,26)(H,23,24,28). The molecular formula is C19H17N5O4S. The van der Waals surface area contributed by atoms with Crippen molar-refractivity contribution >= 4 is 39.9 Å². The van der Waals surface area contributed by atoms with Gasteiger partial charge in [0.05, 0.1) is 11.3 Å². The average Bonchev–Trinajstić information content (AvgIpc) is 3.14. The van der Waals surface area contributed by atoms with Gasteiger partial charge >= 0.3 is 0 Å². The average molecular weight is 411 g/mol. The van der Waals surface area contributed by atoms with E-state index in [0.717, 1.165) is 0 Å². The molecule has 3 aromatic rings. The summed E-state index contributed by atoms with van der Waals surface area (Å²) in [6.45, 7) is 0. The quantitative estimate of drug-likeness (QED) is 0.468. The first-order chi connectivity index (χ1) is 13.9. The van der Waals surface area contributed by atoms with Crippen LogP contribution >= 0.6 is 11.3 Å². The zero-order valence-corrected chi connectivity index (χ0v) is 15.9. The van der Waals surface area contributed by atoms with Gasteiger partial charge in [-0.1, -0.05) is 0 Å². The van der Waals surface area contributed by atoms with Crippen molar-refractivity contribution in [1.82, 2.24) is 9.97 Å². The van der Waals surface area contributed by atoms with Gasteiger partial charge in [0, 0.05) is 35.3 Å². The number of rotatable bonds is 7. The van der Waals surface area contributed by atoms with E-state index < -0.39 is 5.91 Å². The molecule has 148 valence electrons. The number of hydrogen-bond acceptors (Lipinski definition) is 6. The summed E-state index contributed by atoms with van der Waals surface area (Å²) in [4.78, 5) is 53.0. The van der Waals surface area contributed by atoms with Crippen LogP contribution in [0.5, 0.6) is 0 Å². The highest BCUT2D eigenvalue weighted by atomic mass is 32.1. The molecule has 0 spiro atoms. The molecule has 2 heterocycles. The highest BCUT2D eigenvalue weighted by Crippen LogP contribution is 2.18. The predicted molar refractivity (Wildman–Crippen MR) is 109 cm³/mol. The second kappa shape index (κ2) is 8.93. The van der Waals surface area contributed by atoms with Crippen LogP contribution in [0.2, 0.25) is 0 Å². The minimum Gasteiger partial charge on any atom is -0.366 e. The number of pyridine rings is 1. The van der Waals surface area contributed by atoms with Crippen molar-refractivity contribution in [3.63, 3.8) is 0 Å². The summed E-state index contributed by atoms with van der Waals surface area (Å²) in [5.41, 5.74) is 6.79. The van der Waals surface area contributed by atoms with Crippen LogP contribution < -0.4 is 21.9 Å². The Morgan fingerprint density at radius 1 is 1.03 bits per heavy atom. The molecule has 29 heavy (non-hydrogen) atoms. The molecule has 3 amide bonds. The lowest BCUT2D eigenvalue weighted by Gasteiger charge is -2.05. The minimum absolute atomic E-state index is 0.203. The summed E-state index contributed by atoms with van der Waals surface area (Å²) in [6, 6.07) is 8.97. The van der Waals surface area contributed by atoms with E-state index in [-0.39, 0.29) is 23.8 Å². The molecule has 0 bridgehead atoms. The van der Waals surface area contributed by atoms with Gasteiger partial charge in [-0.05, 0) is 36.8 Å². The maximum Gasteiger partial charge on any atom is 0.258 e. The number of aromatic amines is 1. The lowest BCUT2D eigenvalue weighted by atomic mass is 10.2. The number of H-pyrrole nitrogens is 1. The molecule has 0 radical (unpaired) electrons. The first-order valence-electron chi connectivity index (χ1n) is 8.55. The number of thiazole rings is 1. The number of benzene rings is 1. The van der Waals surface area contributed by atoms with E-state index in [1.165, 1.54) is 41.8 Å². The maximum absolute atomic E-state index is 12.1. The Morgan fingerprint density at radius 3 is 2.41 bits per heavy atom. The number of aromatic nitrogens is 2. The molecule has 0 saturated heterocycles. The molecule has 0 unspecified atom stereocenters. The molecule has 10 heteroatoms. The fourth-order valence-corrected chi connectivity index (χ4v) is 3.12. The van der Waals surface area contributed by atoms with Crippen LogP contribution in [0.25, 0.3) is 0 Å². The Bertz CT molecular complexity index is 1080. The largest absolute Gasteiger partial charge is 0.366 e. The summed E-state index contributed by atoms with van der Waals surface area (Å²) >= 11 is 1.25. The molecule has 0 aliphatic carbocycles. The molecule has 0 aliphatic heterocycles. The summed E-state index contributed by atoms with van der Waals surface area (Å²) in [6.07, 6.45) is 1.93. The Hall–Kier alpha value is -3.79. The fourth-order valence-electron chi connectivity index (χ4n) is 2.38. The highest BCUT2D eigenvalue weighted by Gasteiger charge is 2.11. The first-order valence-corrected chi connectivity index (χ1v) is 9.43. The van der Waals surface area contributed by atoms with Gasteiger partial charge in [-0.3, -0.25) is 24.5 Å². The Labute approximate surface area is 169 Å². The molecular weight excluding hydrogens is 394 g/mol. The van der Waals surface area contributed by atoms with Gasteiger partial charge in [0.1, 0.15) is 0 Å². The number of carbonyl (C=O) groups excluding carboxylic acids is 3. The molecule has 0 atom stereocenters.